The van der Waals surface area contributed by atoms with Gasteiger partial charge in [0.15, 0.2) is 0 Å². The van der Waals surface area contributed by atoms with Crippen LogP contribution in [0.4, 0.5) is 0 Å². The monoisotopic (exact) mass is 210 g/mol. The van der Waals surface area contributed by atoms with Gasteiger partial charge in [0.05, 0.1) is 17.3 Å². The number of rotatable bonds is 1. The lowest BCUT2D eigenvalue weighted by Crippen LogP contribution is -2.11. The molecule has 3 heteroatoms. The summed E-state index contributed by atoms with van der Waals surface area (Å²) >= 11 is 5.87. The molecule has 1 aliphatic heterocycles. The molecule has 0 amide bonds. The van der Waals surface area contributed by atoms with Crippen molar-refractivity contribution in [3.63, 3.8) is 0 Å². The number of hydrogen-bond donors (Lipinski definition) is 0. The Bertz CT molecular complexity index is 377. The van der Waals surface area contributed by atoms with Crippen LogP contribution in [0.2, 0.25) is 0 Å². The third-order valence-corrected chi connectivity index (χ3v) is 3.06. The molecule has 2 rings (SSSR count). The second-order valence-electron chi connectivity index (χ2n) is 3.66. The predicted octanol–water partition coefficient (Wildman–Crippen LogP) is 3.13. The number of allylic oxidation sites excluding steroid dienone is 2. The zero-order valence-corrected chi connectivity index (χ0v) is 9.43. The molecule has 0 radical (unpaired) electrons. The van der Waals surface area contributed by atoms with Gasteiger partial charge in [0.2, 0.25) is 0 Å². The van der Waals surface area contributed by atoms with E-state index in [2.05, 4.69) is 29.5 Å². The van der Waals surface area contributed by atoms with Gasteiger partial charge in [-0.15, -0.1) is 11.6 Å². The van der Waals surface area contributed by atoms with Gasteiger partial charge in [-0.3, -0.25) is 0 Å². The third kappa shape index (κ3) is 1.38. The molecule has 0 aromatic carbocycles. The molecule has 0 unspecified atom stereocenters. The van der Waals surface area contributed by atoms with Gasteiger partial charge in [0, 0.05) is 6.54 Å². The molecule has 0 fully saturated rings. The van der Waals surface area contributed by atoms with Gasteiger partial charge in [-0.2, -0.15) is 0 Å². The summed E-state index contributed by atoms with van der Waals surface area (Å²) in [4.78, 5) is 4.50. The summed E-state index contributed by atoms with van der Waals surface area (Å²) in [5.41, 5.74) is 3.83. The Kier molecular flexibility index (Phi) is 2.64. The lowest BCUT2D eigenvalue weighted by Gasteiger charge is -2.19. The zero-order valence-electron chi connectivity index (χ0n) is 8.68. The molecule has 1 aromatic rings. The first-order valence-electron chi connectivity index (χ1n) is 5.05. The molecule has 1 aliphatic rings. The average Bonchev–Trinajstić information content (AvgIpc) is 2.55. The molecule has 0 saturated heterocycles. The first kappa shape index (κ1) is 9.78. The summed E-state index contributed by atoms with van der Waals surface area (Å²) in [6.07, 6.45) is 4.56. The molecule has 2 nitrogen and oxygen atoms in total. The molecule has 2 heterocycles. The molecule has 1 aromatic heterocycles. The van der Waals surface area contributed by atoms with Crippen molar-refractivity contribution in [2.45, 2.75) is 39.1 Å². The van der Waals surface area contributed by atoms with Crippen molar-refractivity contribution in [2.24, 2.45) is 0 Å². The fourth-order valence-electron chi connectivity index (χ4n) is 2.21. The Morgan fingerprint density at radius 2 is 2.36 bits per heavy atom. The summed E-state index contributed by atoms with van der Waals surface area (Å²) in [5, 5.41) is 0. The van der Waals surface area contributed by atoms with Crippen LogP contribution in [0.3, 0.4) is 0 Å². The van der Waals surface area contributed by atoms with Gasteiger partial charge >= 0.3 is 0 Å². The Morgan fingerprint density at radius 1 is 1.57 bits per heavy atom. The quantitative estimate of drug-likeness (QED) is 0.652. The maximum absolute atomic E-state index is 5.87. The van der Waals surface area contributed by atoms with Crippen LogP contribution in [0.15, 0.2) is 6.08 Å². The minimum Gasteiger partial charge on any atom is -0.327 e. The molecule has 0 atom stereocenters. The zero-order chi connectivity index (χ0) is 10.1. The Morgan fingerprint density at radius 3 is 3.00 bits per heavy atom. The molecule has 76 valence electrons. The minimum absolute atomic E-state index is 0.512. The second kappa shape index (κ2) is 3.77. The highest BCUT2D eigenvalue weighted by molar-refractivity contribution is 6.16. The second-order valence-corrected chi connectivity index (χ2v) is 3.93. The van der Waals surface area contributed by atoms with Gasteiger partial charge in [-0.05, 0) is 32.3 Å². The lowest BCUT2D eigenvalue weighted by atomic mass is 10.0. The highest BCUT2D eigenvalue weighted by atomic mass is 35.5. The number of hydrogen-bond acceptors (Lipinski definition) is 1. The number of aryl methyl sites for hydroxylation is 1. The average molecular weight is 211 g/mol. The Hall–Kier alpha value is -0.760. The number of alkyl halides is 1. The topological polar surface area (TPSA) is 17.8 Å². The molecule has 0 bridgehead atoms. The molecule has 0 aliphatic carbocycles. The van der Waals surface area contributed by atoms with E-state index in [9.17, 15) is 0 Å². The smallest absolute Gasteiger partial charge is 0.124 e. The summed E-state index contributed by atoms with van der Waals surface area (Å²) in [6, 6.07) is 0. The summed E-state index contributed by atoms with van der Waals surface area (Å²) in [6.45, 7) is 5.23. The summed E-state index contributed by atoms with van der Waals surface area (Å²) < 4.78 is 2.27. The molecule has 14 heavy (non-hydrogen) atoms. The van der Waals surface area contributed by atoms with Crippen LogP contribution in [0.5, 0.6) is 0 Å². The van der Waals surface area contributed by atoms with Crippen molar-refractivity contribution in [3.05, 3.63) is 23.3 Å². The highest BCUT2D eigenvalue weighted by Crippen LogP contribution is 2.30. The normalized spacial score (nSPS) is 18.6. The van der Waals surface area contributed by atoms with Crippen LogP contribution in [-0.4, -0.2) is 9.55 Å². The third-order valence-electron chi connectivity index (χ3n) is 2.82. The molecule has 0 saturated carbocycles. The Labute approximate surface area is 89.6 Å². The van der Waals surface area contributed by atoms with Gasteiger partial charge in [0.25, 0.3) is 0 Å². The summed E-state index contributed by atoms with van der Waals surface area (Å²) in [5.74, 6) is 1.52. The van der Waals surface area contributed by atoms with Crippen LogP contribution in [0, 0.1) is 6.92 Å². The van der Waals surface area contributed by atoms with E-state index in [1.165, 1.54) is 24.1 Å². The number of fused-ring (bicyclic) bond motifs is 1. The van der Waals surface area contributed by atoms with E-state index in [0.717, 1.165) is 18.1 Å². The van der Waals surface area contributed by atoms with Gasteiger partial charge in [-0.1, -0.05) is 6.08 Å². The van der Waals surface area contributed by atoms with Gasteiger partial charge < -0.3 is 4.57 Å². The minimum atomic E-state index is 0.512. The fourth-order valence-corrected chi connectivity index (χ4v) is 2.41. The first-order chi connectivity index (χ1) is 6.77. The van der Waals surface area contributed by atoms with E-state index >= 15 is 0 Å². The Balaban J connectivity index is 2.58. The van der Waals surface area contributed by atoms with E-state index < -0.39 is 0 Å². The van der Waals surface area contributed by atoms with Crippen molar-refractivity contribution in [3.8, 4) is 0 Å². The molecular formula is C11H15ClN2. The molecule has 0 spiro atoms. The number of imidazole rings is 1. The van der Waals surface area contributed by atoms with Crippen molar-refractivity contribution in [2.75, 3.05) is 0 Å². The maximum atomic E-state index is 5.87. The van der Waals surface area contributed by atoms with Crippen molar-refractivity contribution in [1.82, 2.24) is 9.55 Å². The van der Waals surface area contributed by atoms with E-state index in [-0.39, 0.29) is 0 Å². The van der Waals surface area contributed by atoms with Crippen molar-refractivity contribution in [1.29, 1.82) is 0 Å². The van der Waals surface area contributed by atoms with Gasteiger partial charge in [-0.25, -0.2) is 4.98 Å². The molecular weight excluding hydrogens is 196 g/mol. The number of aromatic nitrogens is 2. The van der Waals surface area contributed by atoms with E-state index in [1.807, 2.05) is 0 Å². The van der Waals surface area contributed by atoms with Crippen LogP contribution >= 0.6 is 11.6 Å². The lowest BCUT2D eigenvalue weighted by molar-refractivity contribution is 0.598. The van der Waals surface area contributed by atoms with E-state index in [0.29, 0.717) is 5.88 Å². The number of nitrogens with zero attached hydrogens (tertiary/aromatic N) is 2. The van der Waals surface area contributed by atoms with Gasteiger partial charge in [0.1, 0.15) is 5.82 Å². The predicted molar refractivity (Wildman–Crippen MR) is 59.4 cm³/mol. The van der Waals surface area contributed by atoms with Crippen LogP contribution < -0.4 is 0 Å². The van der Waals surface area contributed by atoms with Crippen molar-refractivity contribution < 1.29 is 0 Å². The van der Waals surface area contributed by atoms with Crippen LogP contribution in [0.1, 0.15) is 37.0 Å². The van der Waals surface area contributed by atoms with E-state index in [4.69, 9.17) is 11.6 Å². The first-order valence-corrected chi connectivity index (χ1v) is 5.59. The SMILES string of the molecule is CC=C1CCCn2c(CCl)nc(C)c21. The van der Waals surface area contributed by atoms with E-state index in [1.54, 1.807) is 0 Å². The fraction of sp³-hybridized carbons (Fsp3) is 0.545. The van der Waals surface area contributed by atoms with Crippen LogP contribution in [0.25, 0.3) is 5.57 Å². The standard InChI is InChI=1S/C11H15ClN2/c1-3-9-5-4-6-14-10(7-12)13-8(2)11(9)14/h3H,4-7H2,1-2H3. The molecule has 0 N–H and O–H groups in total. The highest BCUT2D eigenvalue weighted by Gasteiger charge is 2.19. The van der Waals surface area contributed by atoms with Crippen molar-refractivity contribution >= 4 is 17.2 Å². The largest absolute Gasteiger partial charge is 0.327 e. The summed E-state index contributed by atoms with van der Waals surface area (Å²) in [7, 11) is 0. The maximum Gasteiger partial charge on any atom is 0.124 e. The number of halogens is 1. The van der Waals surface area contributed by atoms with Crippen LogP contribution in [-0.2, 0) is 12.4 Å².